The molecule has 0 bridgehead atoms. The molecule has 0 amide bonds. The van der Waals surface area contributed by atoms with Gasteiger partial charge in [-0.15, -0.1) is 0 Å². The van der Waals surface area contributed by atoms with Gasteiger partial charge in [-0.25, -0.2) is 0 Å². The summed E-state index contributed by atoms with van der Waals surface area (Å²) in [6.45, 7) is 13.6. The van der Waals surface area contributed by atoms with Crippen LogP contribution in [0, 0.1) is 41.5 Å². The Hall–Kier alpha value is -3.12. The summed E-state index contributed by atoms with van der Waals surface area (Å²) in [5.41, 5.74) is 13.5. The first-order valence-electron chi connectivity index (χ1n) is 11.6. The van der Waals surface area contributed by atoms with Crippen LogP contribution in [-0.2, 0) is 11.8 Å². The Morgan fingerprint density at radius 3 is 1.19 bits per heavy atom. The standard InChI is InChI=1S/C32H34/c1-22-13-10-18-29(25(22)4)32(21-28-16-8-7-9-17-28,30-19-11-14-23(2)26(30)5)31-20-12-15-24(3)27(31)6/h7-20H,21H2,1-6H3. The minimum atomic E-state index is -0.274. The van der Waals surface area contributed by atoms with Crippen LogP contribution in [0.25, 0.3) is 0 Å². The molecule has 0 saturated heterocycles. The molecule has 0 aliphatic carbocycles. The van der Waals surface area contributed by atoms with E-state index in [2.05, 4.69) is 126 Å². The second kappa shape index (κ2) is 8.79. The average Bonchev–Trinajstić information content (AvgIpc) is 2.79. The van der Waals surface area contributed by atoms with Crippen molar-refractivity contribution in [3.63, 3.8) is 0 Å². The fourth-order valence-electron chi connectivity index (χ4n) is 5.26. The van der Waals surface area contributed by atoms with Crippen LogP contribution in [-0.4, -0.2) is 0 Å². The zero-order valence-electron chi connectivity index (χ0n) is 20.3. The molecule has 162 valence electrons. The van der Waals surface area contributed by atoms with Gasteiger partial charge in [0.1, 0.15) is 0 Å². The van der Waals surface area contributed by atoms with Crippen LogP contribution in [0.15, 0.2) is 84.9 Å². The summed E-state index contributed by atoms with van der Waals surface area (Å²) >= 11 is 0. The topological polar surface area (TPSA) is 0 Å². The molecule has 0 fully saturated rings. The van der Waals surface area contributed by atoms with E-state index in [-0.39, 0.29) is 5.41 Å². The Labute approximate surface area is 194 Å². The van der Waals surface area contributed by atoms with Crippen LogP contribution in [0.3, 0.4) is 0 Å². The molecule has 0 N–H and O–H groups in total. The zero-order chi connectivity index (χ0) is 22.9. The van der Waals surface area contributed by atoms with Crippen molar-refractivity contribution < 1.29 is 0 Å². The van der Waals surface area contributed by atoms with Crippen molar-refractivity contribution in [1.29, 1.82) is 0 Å². The van der Waals surface area contributed by atoms with E-state index in [0.29, 0.717) is 0 Å². The first-order valence-corrected chi connectivity index (χ1v) is 11.6. The van der Waals surface area contributed by atoms with Gasteiger partial charge in [0.2, 0.25) is 0 Å². The summed E-state index contributed by atoms with van der Waals surface area (Å²) in [6, 6.07) is 31.4. The molecule has 0 radical (unpaired) electrons. The van der Waals surface area contributed by atoms with E-state index in [0.717, 1.165) is 6.42 Å². The van der Waals surface area contributed by atoms with Crippen molar-refractivity contribution in [1.82, 2.24) is 0 Å². The summed E-state index contributed by atoms with van der Waals surface area (Å²) in [5, 5.41) is 0. The molecule has 0 spiro atoms. The molecule has 0 aliphatic rings. The van der Waals surface area contributed by atoms with E-state index in [1.54, 1.807) is 0 Å². The molecular formula is C32H34. The normalized spacial score (nSPS) is 11.6. The first kappa shape index (κ1) is 22.1. The lowest BCUT2D eigenvalue weighted by molar-refractivity contribution is 0.599. The summed E-state index contributed by atoms with van der Waals surface area (Å²) in [6.07, 6.45) is 0.923. The van der Waals surface area contributed by atoms with Crippen LogP contribution in [0.4, 0.5) is 0 Å². The number of aryl methyl sites for hydroxylation is 3. The Morgan fingerprint density at radius 1 is 0.438 bits per heavy atom. The molecule has 0 aliphatic heterocycles. The molecule has 0 unspecified atom stereocenters. The molecule has 0 saturated carbocycles. The van der Waals surface area contributed by atoms with Gasteiger partial charge in [0, 0.05) is 5.41 Å². The molecule has 0 aromatic heterocycles. The second-order valence-corrected chi connectivity index (χ2v) is 9.31. The molecule has 4 aromatic carbocycles. The number of rotatable bonds is 5. The molecular weight excluding hydrogens is 384 g/mol. The van der Waals surface area contributed by atoms with Crippen LogP contribution in [0.2, 0.25) is 0 Å². The van der Waals surface area contributed by atoms with E-state index in [4.69, 9.17) is 0 Å². The molecule has 4 rings (SSSR count). The van der Waals surface area contributed by atoms with E-state index < -0.39 is 0 Å². The van der Waals surface area contributed by atoms with Crippen LogP contribution in [0.5, 0.6) is 0 Å². The molecule has 0 nitrogen and oxygen atoms in total. The maximum Gasteiger partial charge on any atom is 0.0499 e. The van der Waals surface area contributed by atoms with Gasteiger partial charge in [-0.2, -0.15) is 0 Å². The minimum absolute atomic E-state index is 0.274. The third-order valence-electron chi connectivity index (χ3n) is 7.51. The van der Waals surface area contributed by atoms with Gasteiger partial charge < -0.3 is 0 Å². The van der Waals surface area contributed by atoms with Crippen molar-refractivity contribution in [2.24, 2.45) is 0 Å². The molecule has 32 heavy (non-hydrogen) atoms. The summed E-state index contributed by atoms with van der Waals surface area (Å²) < 4.78 is 0. The second-order valence-electron chi connectivity index (χ2n) is 9.31. The number of hydrogen-bond donors (Lipinski definition) is 0. The van der Waals surface area contributed by atoms with Crippen LogP contribution < -0.4 is 0 Å². The predicted octanol–water partition coefficient (Wildman–Crippen LogP) is 8.11. The maximum atomic E-state index is 2.36. The number of hydrogen-bond acceptors (Lipinski definition) is 0. The molecule has 0 heteroatoms. The summed E-state index contributed by atoms with van der Waals surface area (Å²) in [4.78, 5) is 0. The highest BCUT2D eigenvalue weighted by molar-refractivity contribution is 5.60. The van der Waals surface area contributed by atoms with E-state index in [1.165, 1.54) is 55.6 Å². The highest BCUT2D eigenvalue weighted by Crippen LogP contribution is 2.47. The third kappa shape index (κ3) is 3.69. The van der Waals surface area contributed by atoms with E-state index in [9.17, 15) is 0 Å². The lowest BCUT2D eigenvalue weighted by atomic mass is 9.62. The third-order valence-corrected chi connectivity index (χ3v) is 7.51. The minimum Gasteiger partial charge on any atom is -0.0622 e. The average molecular weight is 419 g/mol. The van der Waals surface area contributed by atoms with Gasteiger partial charge >= 0.3 is 0 Å². The van der Waals surface area contributed by atoms with Gasteiger partial charge in [-0.05, 0) is 104 Å². The monoisotopic (exact) mass is 418 g/mol. The Balaban J connectivity index is 2.20. The summed E-state index contributed by atoms with van der Waals surface area (Å²) in [7, 11) is 0. The van der Waals surface area contributed by atoms with Gasteiger partial charge in [0.15, 0.2) is 0 Å². The number of benzene rings is 4. The van der Waals surface area contributed by atoms with Crippen molar-refractivity contribution >= 4 is 0 Å². The zero-order valence-corrected chi connectivity index (χ0v) is 20.3. The van der Waals surface area contributed by atoms with Crippen molar-refractivity contribution in [3.8, 4) is 0 Å². The fourth-order valence-corrected chi connectivity index (χ4v) is 5.26. The first-order chi connectivity index (χ1) is 15.4. The van der Waals surface area contributed by atoms with E-state index >= 15 is 0 Å². The smallest absolute Gasteiger partial charge is 0.0499 e. The summed E-state index contributed by atoms with van der Waals surface area (Å²) in [5.74, 6) is 0. The quantitative estimate of drug-likeness (QED) is 0.287. The van der Waals surface area contributed by atoms with Crippen LogP contribution in [0.1, 0.15) is 55.6 Å². The largest absolute Gasteiger partial charge is 0.0622 e. The van der Waals surface area contributed by atoms with Crippen molar-refractivity contribution in [3.05, 3.63) is 141 Å². The molecule has 0 atom stereocenters. The van der Waals surface area contributed by atoms with Gasteiger partial charge in [0.05, 0.1) is 0 Å². The van der Waals surface area contributed by atoms with E-state index in [1.807, 2.05) is 0 Å². The fraction of sp³-hybridized carbons (Fsp3) is 0.250. The lowest BCUT2D eigenvalue weighted by Crippen LogP contribution is -2.35. The predicted molar refractivity (Wildman–Crippen MR) is 138 cm³/mol. The van der Waals surface area contributed by atoms with Crippen LogP contribution >= 0.6 is 0 Å². The Kier molecular flexibility index (Phi) is 6.07. The van der Waals surface area contributed by atoms with Gasteiger partial charge in [-0.3, -0.25) is 0 Å². The van der Waals surface area contributed by atoms with Gasteiger partial charge in [-0.1, -0.05) is 84.9 Å². The Morgan fingerprint density at radius 2 is 0.812 bits per heavy atom. The molecule has 0 heterocycles. The van der Waals surface area contributed by atoms with Crippen molar-refractivity contribution in [2.75, 3.05) is 0 Å². The SMILES string of the molecule is Cc1cccc(C(Cc2ccccc2)(c2cccc(C)c2C)c2cccc(C)c2C)c1C. The van der Waals surface area contributed by atoms with Gasteiger partial charge in [0.25, 0.3) is 0 Å². The van der Waals surface area contributed by atoms with Crippen molar-refractivity contribution in [2.45, 2.75) is 53.4 Å². The highest BCUT2D eigenvalue weighted by Gasteiger charge is 2.40. The highest BCUT2D eigenvalue weighted by atomic mass is 14.4. The lowest BCUT2D eigenvalue weighted by Gasteiger charge is -2.40. The maximum absolute atomic E-state index is 2.36. The molecule has 4 aromatic rings. The Bertz CT molecular complexity index is 1120.